The van der Waals surface area contributed by atoms with Gasteiger partial charge in [-0.05, 0) is 30.4 Å². The third-order valence-electron chi connectivity index (χ3n) is 3.66. The van der Waals surface area contributed by atoms with E-state index < -0.39 is 0 Å². The van der Waals surface area contributed by atoms with Crippen LogP contribution < -0.4 is 0 Å². The Bertz CT molecular complexity index is 502. The molecule has 0 spiro atoms. The highest BCUT2D eigenvalue weighted by Crippen LogP contribution is 2.24. The van der Waals surface area contributed by atoms with Gasteiger partial charge in [0.2, 0.25) is 0 Å². The van der Waals surface area contributed by atoms with Crippen molar-refractivity contribution in [2.45, 2.75) is 31.9 Å². The summed E-state index contributed by atoms with van der Waals surface area (Å²) in [6.07, 6.45) is 3.83. The largest absolute Gasteiger partial charge is 0.392 e. The summed E-state index contributed by atoms with van der Waals surface area (Å²) in [6.45, 7) is 5.81. The molecule has 1 aliphatic rings. The van der Waals surface area contributed by atoms with Crippen molar-refractivity contribution in [3.8, 4) is 0 Å². The van der Waals surface area contributed by atoms with Gasteiger partial charge < -0.3 is 5.11 Å². The van der Waals surface area contributed by atoms with Crippen LogP contribution >= 0.6 is 0 Å². The van der Waals surface area contributed by atoms with Gasteiger partial charge in [0.25, 0.3) is 5.69 Å². The van der Waals surface area contributed by atoms with Gasteiger partial charge in [0.05, 0.1) is 11.0 Å². The topological polar surface area (TPSA) is 66.6 Å². The van der Waals surface area contributed by atoms with Crippen molar-refractivity contribution >= 4 is 5.69 Å². The number of hydrogen-bond acceptors (Lipinski definition) is 4. The Morgan fingerprint density at radius 3 is 3.00 bits per heavy atom. The Balaban J connectivity index is 2.00. The van der Waals surface area contributed by atoms with Gasteiger partial charge in [0.1, 0.15) is 0 Å². The smallest absolute Gasteiger partial charge is 0.269 e. The molecular formula is C15H20N2O3. The van der Waals surface area contributed by atoms with E-state index in [4.69, 9.17) is 0 Å². The molecule has 1 heterocycles. The van der Waals surface area contributed by atoms with E-state index in [1.165, 1.54) is 5.56 Å². The summed E-state index contributed by atoms with van der Waals surface area (Å²) in [5.74, 6) is 0. The number of rotatable bonds is 6. The van der Waals surface area contributed by atoms with Crippen molar-refractivity contribution in [3.05, 3.63) is 52.1 Å². The van der Waals surface area contributed by atoms with Gasteiger partial charge in [-0.3, -0.25) is 15.0 Å². The fourth-order valence-corrected chi connectivity index (χ4v) is 2.57. The molecule has 1 aromatic rings. The second-order valence-corrected chi connectivity index (χ2v) is 5.22. The van der Waals surface area contributed by atoms with Gasteiger partial charge in [-0.15, -0.1) is 6.58 Å². The minimum atomic E-state index is -0.367. The lowest BCUT2D eigenvalue weighted by Crippen LogP contribution is -2.36. The van der Waals surface area contributed by atoms with E-state index in [0.29, 0.717) is 19.5 Å². The van der Waals surface area contributed by atoms with Crippen LogP contribution in [-0.2, 0) is 13.0 Å². The summed E-state index contributed by atoms with van der Waals surface area (Å²) in [5.41, 5.74) is 2.31. The van der Waals surface area contributed by atoms with E-state index in [-0.39, 0.29) is 16.7 Å². The van der Waals surface area contributed by atoms with Crippen LogP contribution in [0.1, 0.15) is 24.0 Å². The highest BCUT2D eigenvalue weighted by molar-refractivity contribution is 5.41. The summed E-state index contributed by atoms with van der Waals surface area (Å²) in [7, 11) is 0. The summed E-state index contributed by atoms with van der Waals surface area (Å²) in [4.78, 5) is 12.6. The van der Waals surface area contributed by atoms with E-state index >= 15 is 0 Å². The number of nitro groups is 1. The number of β-amino-alcohol motifs (C(OH)–C–C–N with tert-alkyl or cyclic N) is 1. The van der Waals surface area contributed by atoms with Crippen LogP contribution in [0, 0.1) is 10.1 Å². The van der Waals surface area contributed by atoms with E-state index in [0.717, 1.165) is 24.9 Å². The number of nitro benzene ring substituents is 1. The molecular weight excluding hydrogens is 256 g/mol. The predicted molar refractivity (Wildman–Crippen MR) is 77.5 cm³/mol. The Morgan fingerprint density at radius 2 is 2.30 bits per heavy atom. The van der Waals surface area contributed by atoms with Crippen LogP contribution in [0.25, 0.3) is 0 Å². The molecule has 0 saturated carbocycles. The SMILES string of the molecule is C=CCCC(O)CN1CCc2ccc([N+](=O)[O-])cc2C1. The van der Waals surface area contributed by atoms with Crippen molar-refractivity contribution in [2.75, 3.05) is 13.1 Å². The van der Waals surface area contributed by atoms with Crippen molar-refractivity contribution in [2.24, 2.45) is 0 Å². The number of non-ortho nitro benzene ring substituents is 1. The van der Waals surface area contributed by atoms with Crippen LogP contribution in [0.2, 0.25) is 0 Å². The summed E-state index contributed by atoms with van der Waals surface area (Å²) in [6, 6.07) is 5.06. The minimum absolute atomic E-state index is 0.137. The molecule has 0 aliphatic carbocycles. The van der Waals surface area contributed by atoms with E-state index in [1.807, 2.05) is 6.07 Å². The maximum atomic E-state index is 10.8. The molecule has 2 rings (SSSR count). The number of hydrogen-bond donors (Lipinski definition) is 1. The van der Waals surface area contributed by atoms with Crippen LogP contribution in [0.3, 0.4) is 0 Å². The number of benzene rings is 1. The Hall–Kier alpha value is -1.72. The van der Waals surface area contributed by atoms with Crippen molar-refractivity contribution in [1.82, 2.24) is 4.90 Å². The monoisotopic (exact) mass is 276 g/mol. The maximum absolute atomic E-state index is 10.8. The molecule has 1 aliphatic heterocycles. The first kappa shape index (κ1) is 14.7. The first-order valence-corrected chi connectivity index (χ1v) is 6.87. The normalized spacial score (nSPS) is 16.4. The van der Waals surface area contributed by atoms with Gasteiger partial charge in [0, 0.05) is 31.8 Å². The number of nitrogens with zero attached hydrogens (tertiary/aromatic N) is 2. The quantitative estimate of drug-likeness (QED) is 0.492. The third kappa shape index (κ3) is 3.65. The van der Waals surface area contributed by atoms with Gasteiger partial charge in [-0.2, -0.15) is 0 Å². The Labute approximate surface area is 118 Å². The molecule has 0 amide bonds. The lowest BCUT2D eigenvalue weighted by Gasteiger charge is -2.30. The number of fused-ring (bicyclic) bond motifs is 1. The van der Waals surface area contributed by atoms with Crippen molar-refractivity contribution in [1.29, 1.82) is 0 Å². The fraction of sp³-hybridized carbons (Fsp3) is 0.467. The van der Waals surface area contributed by atoms with E-state index in [1.54, 1.807) is 18.2 Å². The first-order valence-electron chi connectivity index (χ1n) is 6.87. The zero-order valence-corrected chi connectivity index (χ0v) is 11.5. The highest BCUT2D eigenvalue weighted by atomic mass is 16.6. The average Bonchev–Trinajstić information content (AvgIpc) is 2.44. The van der Waals surface area contributed by atoms with Gasteiger partial charge in [-0.25, -0.2) is 0 Å². The second kappa shape index (κ2) is 6.63. The fourth-order valence-electron chi connectivity index (χ4n) is 2.57. The zero-order chi connectivity index (χ0) is 14.5. The molecule has 1 aromatic carbocycles. The molecule has 0 fully saturated rings. The van der Waals surface area contributed by atoms with Gasteiger partial charge in [0.15, 0.2) is 0 Å². The van der Waals surface area contributed by atoms with Crippen LogP contribution in [0.5, 0.6) is 0 Å². The predicted octanol–water partition coefficient (Wildman–Crippen LogP) is 2.28. The van der Waals surface area contributed by atoms with Gasteiger partial charge >= 0.3 is 0 Å². The number of allylic oxidation sites excluding steroid dienone is 1. The molecule has 5 heteroatoms. The van der Waals surface area contributed by atoms with E-state index in [2.05, 4.69) is 11.5 Å². The Morgan fingerprint density at radius 1 is 1.50 bits per heavy atom. The van der Waals surface area contributed by atoms with Crippen molar-refractivity contribution in [3.63, 3.8) is 0 Å². The molecule has 20 heavy (non-hydrogen) atoms. The summed E-state index contributed by atoms with van der Waals surface area (Å²) in [5, 5.41) is 20.7. The molecule has 1 atom stereocenters. The summed E-state index contributed by atoms with van der Waals surface area (Å²) >= 11 is 0. The number of aliphatic hydroxyl groups excluding tert-OH is 1. The minimum Gasteiger partial charge on any atom is -0.392 e. The molecule has 1 unspecified atom stereocenters. The van der Waals surface area contributed by atoms with Crippen LogP contribution in [-0.4, -0.2) is 34.1 Å². The second-order valence-electron chi connectivity index (χ2n) is 5.22. The maximum Gasteiger partial charge on any atom is 0.269 e. The summed E-state index contributed by atoms with van der Waals surface area (Å²) < 4.78 is 0. The zero-order valence-electron chi connectivity index (χ0n) is 11.5. The molecule has 5 nitrogen and oxygen atoms in total. The molecule has 0 saturated heterocycles. The lowest BCUT2D eigenvalue weighted by molar-refractivity contribution is -0.385. The molecule has 0 aromatic heterocycles. The van der Waals surface area contributed by atoms with Gasteiger partial charge in [-0.1, -0.05) is 12.1 Å². The number of aliphatic hydroxyl groups is 1. The first-order chi connectivity index (χ1) is 9.60. The molecule has 0 radical (unpaired) electrons. The molecule has 1 N–H and O–H groups in total. The molecule has 0 bridgehead atoms. The lowest BCUT2D eigenvalue weighted by atomic mass is 9.98. The van der Waals surface area contributed by atoms with Crippen molar-refractivity contribution < 1.29 is 10.0 Å². The van der Waals surface area contributed by atoms with Crippen LogP contribution in [0.15, 0.2) is 30.9 Å². The standard InChI is InChI=1S/C15H20N2O3/c1-2-3-4-15(18)11-16-8-7-12-5-6-14(17(19)20)9-13(12)10-16/h2,5-6,9,15,18H,1,3-4,7-8,10-11H2. The van der Waals surface area contributed by atoms with Crippen LogP contribution in [0.4, 0.5) is 5.69 Å². The average molecular weight is 276 g/mol. The third-order valence-corrected chi connectivity index (χ3v) is 3.66. The van der Waals surface area contributed by atoms with E-state index in [9.17, 15) is 15.2 Å². The highest BCUT2D eigenvalue weighted by Gasteiger charge is 2.20. The molecule has 108 valence electrons. The Kier molecular flexibility index (Phi) is 4.87.